The van der Waals surface area contributed by atoms with Crippen molar-refractivity contribution < 1.29 is 4.79 Å². The van der Waals surface area contributed by atoms with Crippen LogP contribution in [-0.4, -0.2) is 16.1 Å². The van der Waals surface area contributed by atoms with E-state index in [2.05, 4.69) is 47.0 Å². The molecule has 24 heavy (non-hydrogen) atoms. The molecule has 0 aliphatic heterocycles. The number of aldehydes is 1. The van der Waals surface area contributed by atoms with Crippen LogP contribution in [0.25, 0.3) is 16.9 Å². The minimum Gasteiger partial charge on any atom is -0.298 e. The molecule has 1 heterocycles. The quantitative estimate of drug-likeness (QED) is 0.560. The molecule has 0 aliphatic rings. The third-order valence-electron chi connectivity index (χ3n) is 3.83. The molecule has 3 aromatic rings. The van der Waals surface area contributed by atoms with Crippen LogP contribution in [0.2, 0.25) is 0 Å². The molecular weight excluding hydrogens is 364 g/mol. The van der Waals surface area contributed by atoms with E-state index in [1.54, 1.807) is 10.9 Å². The average Bonchev–Trinajstić information content (AvgIpc) is 3.00. The summed E-state index contributed by atoms with van der Waals surface area (Å²) in [7, 11) is 0. The van der Waals surface area contributed by atoms with Gasteiger partial charge in [0.25, 0.3) is 0 Å². The van der Waals surface area contributed by atoms with E-state index in [4.69, 9.17) is 0 Å². The van der Waals surface area contributed by atoms with Gasteiger partial charge in [0.1, 0.15) is 5.69 Å². The number of rotatable bonds is 5. The molecule has 3 nitrogen and oxygen atoms in total. The Morgan fingerprint density at radius 1 is 1.08 bits per heavy atom. The predicted octanol–water partition coefficient (Wildman–Crippen LogP) is 5.31. The highest BCUT2D eigenvalue weighted by Gasteiger charge is 2.12. The predicted molar refractivity (Wildman–Crippen MR) is 101 cm³/mol. The van der Waals surface area contributed by atoms with Gasteiger partial charge in [-0.2, -0.15) is 5.10 Å². The van der Waals surface area contributed by atoms with Crippen molar-refractivity contribution in [2.45, 2.75) is 20.3 Å². The van der Waals surface area contributed by atoms with Gasteiger partial charge in [0.05, 0.1) is 11.3 Å². The Hall–Kier alpha value is -2.20. The van der Waals surface area contributed by atoms with Crippen LogP contribution >= 0.6 is 15.9 Å². The highest BCUT2D eigenvalue weighted by molar-refractivity contribution is 9.10. The Bertz CT molecular complexity index is 833. The fraction of sp³-hybridized carbons (Fsp3) is 0.200. The van der Waals surface area contributed by atoms with Gasteiger partial charge >= 0.3 is 0 Å². The zero-order chi connectivity index (χ0) is 17.1. The molecule has 0 saturated carbocycles. The summed E-state index contributed by atoms with van der Waals surface area (Å²) in [5, 5.41) is 4.61. The molecule has 4 heteroatoms. The number of hydrogen-bond donors (Lipinski definition) is 0. The maximum absolute atomic E-state index is 11.5. The summed E-state index contributed by atoms with van der Waals surface area (Å²) in [5.41, 5.74) is 4.48. The molecule has 2 aromatic carbocycles. The minimum absolute atomic E-state index is 0.592. The summed E-state index contributed by atoms with van der Waals surface area (Å²) in [6, 6.07) is 16.1. The summed E-state index contributed by atoms with van der Waals surface area (Å²) >= 11 is 3.43. The van der Waals surface area contributed by atoms with E-state index < -0.39 is 0 Å². The van der Waals surface area contributed by atoms with E-state index in [0.717, 1.165) is 28.4 Å². The van der Waals surface area contributed by atoms with E-state index in [-0.39, 0.29) is 0 Å². The van der Waals surface area contributed by atoms with Gasteiger partial charge in [-0.05, 0) is 42.2 Å². The van der Waals surface area contributed by atoms with Gasteiger partial charge in [-0.3, -0.25) is 4.79 Å². The lowest BCUT2D eigenvalue weighted by molar-refractivity contribution is 0.112. The molecule has 122 valence electrons. The van der Waals surface area contributed by atoms with Crippen LogP contribution in [0.3, 0.4) is 0 Å². The van der Waals surface area contributed by atoms with Crippen molar-refractivity contribution in [3.8, 4) is 16.9 Å². The second kappa shape index (κ2) is 7.14. The molecule has 3 rings (SSSR count). The lowest BCUT2D eigenvalue weighted by Crippen LogP contribution is -1.95. The largest absolute Gasteiger partial charge is 0.298 e. The van der Waals surface area contributed by atoms with Crippen LogP contribution in [0.4, 0.5) is 0 Å². The zero-order valence-electron chi connectivity index (χ0n) is 13.7. The fourth-order valence-electron chi connectivity index (χ4n) is 2.69. The average molecular weight is 383 g/mol. The summed E-state index contributed by atoms with van der Waals surface area (Å²) in [6.45, 7) is 4.41. The highest BCUT2D eigenvalue weighted by atomic mass is 79.9. The molecule has 0 amide bonds. The Morgan fingerprint density at radius 2 is 1.75 bits per heavy atom. The van der Waals surface area contributed by atoms with Gasteiger partial charge in [-0.25, -0.2) is 4.68 Å². The normalized spacial score (nSPS) is 11.0. The van der Waals surface area contributed by atoms with Crippen molar-refractivity contribution >= 4 is 22.2 Å². The number of nitrogens with zero attached hydrogens (tertiary/aromatic N) is 2. The van der Waals surface area contributed by atoms with Crippen LogP contribution in [0.1, 0.15) is 29.8 Å². The smallest absolute Gasteiger partial charge is 0.153 e. The summed E-state index contributed by atoms with van der Waals surface area (Å²) in [4.78, 5) is 11.5. The van der Waals surface area contributed by atoms with E-state index in [1.807, 2.05) is 36.4 Å². The second-order valence-corrected chi connectivity index (χ2v) is 7.18. The summed E-state index contributed by atoms with van der Waals surface area (Å²) in [6.07, 6.45) is 3.68. The second-order valence-electron chi connectivity index (χ2n) is 6.27. The summed E-state index contributed by atoms with van der Waals surface area (Å²) < 4.78 is 2.75. The maximum atomic E-state index is 11.5. The van der Waals surface area contributed by atoms with E-state index >= 15 is 0 Å². The first-order valence-electron chi connectivity index (χ1n) is 7.97. The molecule has 1 aromatic heterocycles. The maximum Gasteiger partial charge on any atom is 0.153 e. The first kappa shape index (κ1) is 16.7. The van der Waals surface area contributed by atoms with E-state index in [1.165, 1.54) is 5.56 Å². The molecule has 0 atom stereocenters. The van der Waals surface area contributed by atoms with E-state index in [9.17, 15) is 4.79 Å². The summed E-state index contributed by atoms with van der Waals surface area (Å²) in [5.74, 6) is 0.623. The van der Waals surface area contributed by atoms with Crippen LogP contribution in [-0.2, 0) is 6.42 Å². The number of benzene rings is 2. The number of hydrogen-bond acceptors (Lipinski definition) is 2. The lowest BCUT2D eigenvalue weighted by Gasteiger charge is -2.06. The van der Waals surface area contributed by atoms with Gasteiger partial charge in [-0.15, -0.1) is 0 Å². The monoisotopic (exact) mass is 382 g/mol. The van der Waals surface area contributed by atoms with Crippen LogP contribution in [0.15, 0.2) is 59.2 Å². The molecule has 0 N–H and O–H groups in total. The van der Waals surface area contributed by atoms with Gasteiger partial charge in [0, 0.05) is 16.2 Å². The standard InChI is InChI=1S/C20H19BrN2O/c1-14(2)11-15-3-5-16(6-4-15)20-17(13-24)12-23(22-20)19-9-7-18(21)8-10-19/h3-10,12-14H,11H2,1-2H3. The van der Waals surface area contributed by atoms with E-state index in [0.29, 0.717) is 17.2 Å². The Kier molecular flexibility index (Phi) is 4.95. The Morgan fingerprint density at radius 3 is 2.33 bits per heavy atom. The van der Waals surface area contributed by atoms with Crippen molar-refractivity contribution in [1.82, 2.24) is 9.78 Å². The van der Waals surface area contributed by atoms with Crippen LogP contribution in [0, 0.1) is 5.92 Å². The topological polar surface area (TPSA) is 34.9 Å². The molecule has 0 saturated heterocycles. The van der Waals surface area contributed by atoms with Crippen molar-refractivity contribution in [3.05, 3.63) is 70.3 Å². The van der Waals surface area contributed by atoms with Crippen LogP contribution in [0.5, 0.6) is 0 Å². The van der Waals surface area contributed by atoms with Gasteiger partial charge in [-0.1, -0.05) is 54.0 Å². The Labute approximate surface area is 150 Å². The van der Waals surface area contributed by atoms with Gasteiger partial charge in [0.15, 0.2) is 6.29 Å². The Balaban J connectivity index is 1.95. The third-order valence-corrected chi connectivity index (χ3v) is 4.36. The molecule has 0 fully saturated rings. The van der Waals surface area contributed by atoms with Crippen molar-refractivity contribution in [2.24, 2.45) is 5.92 Å². The number of carbonyl (C=O) groups excluding carboxylic acids is 1. The fourth-order valence-corrected chi connectivity index (χ4v) is 2.96. The van der Waals surface area contributed by atoms with Gasteiger partial charge in [0.2, 0.25) is 0 Å². The molecule has 0 aliphatic carbocycles. The molecule has 0 spiro atoms. The molecular formula is C20H19BrN2O. The highest BCUT2D eigenvalue weighted by Crippen LogP contribution is 2.24. The van der Waals surface area contributed by atoms with Crippen LogP contribution < -0.4 is 0 Å². The van der Waals surface area contributed by atoms with Crippen molar-refractivity contribution in [2.75, 3.05) is 0 Å². The minimum atomic E-state index is 0.592. The van der Waals surface area contributed by atoms with Crippen molar-refractivity contribution in [3.63, 3.8) is 0 Å². The zero-order valence-corrected chi connectivity index (χ0v) is 15.3. The molecule has 0 bridgehead atoms. The molecule has 0 unspecified atom stereocenters. The van der Waals surface area contributed by atoms with Crippen molar-refractivity contribution in [1.29, 1.82) is 0 Å². The number of aromatic nitrogens is 2. The molecule has 0 radical (unpaired) electrons. The first-order chi connectivity index (χ1) is 11.6. The first-order valence-corrected chi connectivity index (χ1v) is 8.76. The SMILES string of the molecule is CC(C)Cc1ccc(-c2nn(-c3ccc(Br)cc3)cc2C=O)cc1. The lowest BCUT2D eigenvalue weighted by atomic mass is 10.0. The number of carbonyl (C=O) groups is 1. The van der Waals surface area contributed by atoms with Gasteiger partial charge < -0.3 is 0 Å². The third kappa shape index (κ3) is 3.65. The number of halogens is 1.